The van der Waals surface area contributed by atoms with Gasteiger partial charge in [-0.05, 0) is 31.3 Å². The van der Waals surface area contributed by atoms with Crippen molar-refractivity contribution in [3.8, 4) is 22.7 Å². The SMILES string of the molecule is CN1C[C@@H]2C1CN2c1cccc(-c2cn(Cc3ccc(-c4nnc(C(F)F)o4)cc3F)nn2)c1. The summed E-state index contributed by atoms with van der Waals surface area (Å²) in [6.07, 6.45) is -1.11. The van der Waals surface area contributed by atoms with E-state index in [1.165, 1.54) is 17.8 Å². The molecular weight excluding hydrogens is 447 g/mol. The number of likely N-dealkylation sites (tertiary alicyclic amines) is 1. The Kier molecular flexibility index (Phi) is 4.87. The second-order valence-electron chi connectivity index (χ2n) is 8.63. The number of alkyl halides is 2. The number of likely N-dealkylation sites (N-methyl/N-ethyl adjacent to an activating group) is 1. The topological polar surface area (TPSA) is 76.1 Å². The van der Waals surface area contributed by atoms with Crippen LogP contribution in [0.1, 0.15) is 17.9 Å². The van der Waals surface area contributed by atoms with Gasteiger partial charge in [-0.2, -0.15) is 8.78 Å². The first-order valence-electron chi connectivity index (χ1n) is 10.8. The van der Waals surface area contributed by atoms with Gasteiger partial charge in [0.15, 0.2) is 0 Å². The fraction of sp³-hybridized carbons (Fsp3) is 0.304. The number of rotatable bonds is 6. The molecule has 0 N–H and O–H groups in total. The number of hydrogen-bond acceptors (Lipinski definition) is 7. The highest BCUT2D eigenvalue weighted by molar-refractivity contribution is 5.66. The zero-order chi connectivity index (χ0) is 23.4. The molecule has 4 aromatic rings. The van der Waals surface area contributed by atoms with Crippen LogP contribution in [0.15, 0.2) is 53.1 Å². The summed E-state index contributed by atoms with van der Waals surface area (Å²) >= 11 is 0. The number of fused-ring (bicyclic) bond motifs is 1. The lowest BCUT2D eigenvalue weighted by atomic mass is 9.85. The van der Waals surface area contributed by atoms with Crippen LogP contribution in [0.3, 0.4) is 0 Å². The molecule has 174 valence electrons. The van der Waals surface area contributed by atoms with Crippen molar-refractivity contribution in [2.75, 3.05) is 25.0 Å². The molecule has 34 heavy (non-hydrogen) atoms. The maximum atomic E-state index is 14.7. The first-order chi connectivity index (χ1) is 16.5. The number of piperazine rings is 1. The predicted octanol–water partition coefficient (Wildman–Crippen LogP) is 3.62. The quantitative estimate of drug-likeness (QED) is 0.429. The molecule has 2 fully saturated rings. The maximum absolute atomic E-state index is 14.7. The fourth-order valence-electron chi connectivity index (χ4n) is 4.55. The minimum Gasteiger partial charge on any atom is -0.415 e. The smallest absolute Gasteiger partial charge is 0.314 e. The van der Waals surface area contributed by atoms with Gasteiger partial charge in [0.25, 0.3) is 5.89 Å². The molecule has 2 aromatic heterocycles. The molecule has 2 aromatic carbocycles. The van der Waals surface area contributed by atoms with Crippen molar-refractivity contribution in [3.63, 3.8) is 0 Å². The highest BCUT2D eigenvalue weighted by Crippen LogP contribution is 2.37. The largest absolute Gasteiger partial charge is 0.415 e. The zero-order valence-corrected chi connectivity index (χ0v) is 18.1. The van der Waals surface area contributed by atoms with Crippen molar-refractivity contribution >= 4 is 5.69 Å². The fourth-order valence-corrected chi connectivity index (χ4v) is 4.55. The highest BCUT2D eigenvalue weighted by atomic mass is 19.3. The molecule has 6 rings (SSSR count). The number of nitrogens with zero attached hydrogens (tertiary/aromatic N) is 7. The third kappa shape index (κ3) is 3.52. The summed E-state index contributed by atoms with van der Waals surface area (Å²) in [7, 11) is 2.15. The van der Waals surface area contributed by atoms with E-state index < -0.39 is 18.1 Å². The first kappa shape index (κ1) is 20.8. The Hall–Kier alpha value is -3.73. The summed E-state index contributed by atoms with van der Waals surface area (Å²) in [6.45, 7) is 2.27. The van der Waals surface area contributed by atoms with Gasteiger partial charge in [-0.25, -0.2) is 9.07 Å². The molecule has 11 heteroatoms. The summed E-state index contributed by atoms with van der Waals surface area (Å²) in [4.78, 5) is 4.77. The van der Waals surface area contributed by atoms with E-state index in [1.807, 2.05) is 12.1 Å². The van der Waals surface area contributed by atoms with E-state index >= 15 is 0 Å². The van der Waals surface area contributed by atoms with Crippen molar-refractivity contribution in [2.24, 2.45) is 0 Å². The Labute approximate surface area is 192 Å². The zero-order valence-electron chi connectivity index (χ0n) is 18.1. The minimum absolute atomic E-state index is 0.160. The second-order valence-corrected chi connectivity index (χ2v) is 8.63. The van der Waals surface area contributed by atoms with Crippen LogP contribution in [0.5, 0.6) is 0 Å². The van der Waals surface area contributed by atoms with Gasteiger partial charge in [-0.1, -0.05) is 23.4 Å². The average Bonchev–Trinajstić information content (AvgIpc) is 3.49. The molecule has 8 nitrogen and oxygen atoms in total. The lowest BCUT2D eigenvalue weighted by molar-refractivity contribution is 0.0369. The van der Waals surface area contributed by atoms with Crippen LogP contribution in [0.4, 0.5) is 18.9 Å². The van der Waals surface area contributed by atoms with E-state index in [0.29, 0.717) is 23.3 Å². The van der Waals surface area contributed by atoms with E-state index in [0.717, 1.165) is 18.7 Å². The lowest BCUT2D eigenvalue weighted by Crippen LogP contribution is -2.78. The van der Waals surface area contributed by atoms with Crippen LogP contribution in [0, 0.1) is 5.82 Å². The van der Waals surface area contributed by atoms with Crippen molar-refractivity contribution in [2.45, 2.75) is 25.1 Å². The van der Waals surface area contributed by atoms with Gasteiger partial charge in [-0.3, -0.25) is 4.90 Å². The van der Waals surface area contributed by atoms with Gasteiger partial charge in [-0.15, -0.1) is 15.3 Å². The predicted molar refractivity (Wildman–Crippen MR) is 117 cm³/mol. The molecule has 0 bridgehead atoms. The Bertz CT molecular complexity index is 1350. The summed E-state index contributed by atoms with van der Waals surface area (Å²) < 4.78 is 46.4. The molecule has 4 heterocycles. The summed E-state index contributed by atoms with van der Waals surface area (Å²) in [5, 5.41) is 15.2. The molecule has 0 aliphatic carbocycles. The summed E-state index contributed by atoms with van der Waals surface area (Å²) in [5.41, 5.74) is 3.40. The molecule has 2 aliphatic heterocycles. The first-order valence-corrected chi connectivity index (χ1v) is 10.8. The second kappa shape index (κ2) is 7.94. The number of halogens is 3. The molecule has 0 spiro atoms. The maximum Gasteiger partial charge on any atom is 0.314 e. The van der Waals surface area contributed by atoms with E-state index in [9.17, 15) is 13.2 Å². The summed E-state index contributed by atoms with van der Waals surface area (Å²) in [6, 6.07) is 13.7. The lowest BCUT2D eigenvalue weighted by Gasteiger charge is -2.62. The van der Waals surface area contributed by atoms with Gasteiger partial charge in [0.1, 0.15) is 11.5 Å². The van der Waals surface area contributed by atoms with Crippen molar-refractivity contribution in [1.82, 2.24) is 30.1 Å². The Balaban J connectivity index is 1.17. The van der Waals surface area contributed by atoms with Crippen LogP contribution in [-0.2, 0) is 6.54 Å². The van der Waals surface area contributed by atoms with E-state index in [2.05, 4.69) is 49.5 Å². The van der Waals surface area contributed by atoms with Gasteiger partial charge in [0, 0.05) is 41.5 Å². The van der Waals surface area contributed by atoms with Crippen LogP contribution in [-0.4, -0.2) is 62.3 Å². The van der Waals surface area contributed by atoms with Crippen molar-refractivity contribution in [3.05, 3.63) is 65.9 Å². The molecule has 2 saturated heterocycles. The van der Waals surface area contributed by atoms with Gasteiger partial charge in [0.2, 0.25) is 5.89 Å². The number of hydrogen-bond donors (Lipinski definition) is 0. The Morgan fingerprint density at radius 1 is 1.03 bits per heavy atom. The standard InChI is InChI=1S/C23H20F3N7O/c1-31-11-20-19(31)12-33(20)16-4-2-3-13(7-16)18-10-32(30-27-18)9-15-6-5-14(8-17(15)24)22-28-29-23(34-22)21(25)26/h2-8,10,19-21H,9,11-12H2,1H3/t19?,20-/m1/s1. The average molecular weight is 467 g/mol. The van der Waals surface area contributed by atoms with Crippen LogP contribution >= 0.6 is 0 Å². The van der Waals surface area contributed by atoms with Crippen LogP contribution < -0.4 is 4.90 Å². The van der Waals surface area contributed by atoms with E-state index in [4.69, 9.17) is 4.42 Å². The third-order valence-electron chi connectivity index (χ3n) is 6.54. The molecule has 2 aliphatic rings. The molecule has 0 radical (unpaired) electrons. The molecule has 2 atom stereocenters. The van der Waals surface area contributed by atoms with Gasteiger partial charge in [0.05, 0.1) is 18.8 Å². The van der Waals surface area contributed by atoms with Crippen LogP contribution in [0.2, 0.25) is 0 Å². The number of benzene rings is 2. The molecular formula is C23H20F3N7O. The molecule has 0 amide bonds. The Morgan fingerprint density at radius 2 is 1.91 bits per heavy atom. The van der Waals surface area contributed by atoms with Crippen molar-refractivity contribution < 1.29 is 17.6 Å². The van der Waals surface area contributed by atoms with Crippen LogP contribution in [0.25, 0.3) is 22.7 Å². The van der Waals surface area contributed by atoms with Gasteiger partial charge >= 0.3 is 6.43 Å². The van der Waals surface area contributed by atoms with Crippen molar-refractivity contribution in [1.29, 1.82) is 0 Å². The Morgan fingerprint density at radius 3 is 2.62 bits per heavy atom. The normalized spacial score (nSPS) is 19.7. The van der Waals surface area contributed by atoms with E-state index in [1.54, 1.807) is 16.9 Å². The number of aromatic nitrogens is 5. The summed E-state index contributed by atoms with van der Waals surface area (Å²) in [5.74, 6) is -1.50. The third-order valence-corrected chi connectivity index (χ3v) is 6.54. The molecule has 1 unspecified atom stereocenters. The van der Waals surface area contributed by atoms with E-state index in [-0.39, 0.29) is 18.0 Å². The highest BCUT2D eigenvalue weighted by Gasteiger charge is 2.49. The monoisotopic (exact) mass is 467 g/mol. The molecule has 0 saturated carbocycles. The number of anilines is 1. The minimum atomic E-state index is -2.88. The van der Waals surface area contributed by atoms with Gasteiger partial charge < -0.3 is 9.32 Å².